The largest absolute Gasteiger partial charge is 0.502 e. The Labute approximate surface area is 119 Å². The molecule has 0 aromatic heterocycles. The van der Waals surface area contributed by atoms with Gasteiger partial charge < -0.3 is 25.2 Å². The summed E-state index contributed by atoms with van der Waals surface area (Å²) in [6, 6.07) is 4.06. The van der Waals surface area contributed by atoms with E-state index in [0.29, 0.717) is 17.5 Å². The number of hydrogen-bond acceptors (Lipinski definition) is 5. The van der Waals surface area contributed by atoms with Crippen molar-refractivity contribution in [3.05, 3.63) is 23.8 Å². The van der Waals surface area contributed by atoms with E-state index in [2.05, 4.69) is 16.7 Å². The Hall–Kier alpha value is -1.72. The smallest absolute Gasteiger partial charge is 0.200 e. The first kappa shape index (κ1) is 14.7. The fourth-order valence-electron chi connectivity index (χ4n) is 2.26. The van der Waals surface area contributed by atoms with Crippen molar-refractivity contribution in [1.29, 1.82) is 0 Å². The highest BCUT2D eigenvalue weighted by Gasteiger charge is 2.11. The third kappa shape index (κ3) is 3.65. The third-order valence-corrected chi connectivity index (χ3v) is 3.36. The van der Waals surface area contributed by atoms with Crippen molar-refractivity contribution in [2.45, 2.75) is 12.5 Å². The maximum atomic E-state index is 9.85. The molecule has 3 N–H and O–H groups in total. The highest BCUT2D eigenvalue weighted by Crippen LogP contribution is 2.37. The van der Waals surface area contributed by atoms with Gasteiger partial charge in [-0.25, -0.2) is 0 Å². The molecular formula is C15H22N2O3. The number of piperazine rings is 1. The summed E-state index contributed by atoms with van der Waals surface area (Å²) in [5, 5.41) is 16.7. The molecule has 1 atom stereocenters. The van der Waals surface area contributed by atoms with Gasteiger partial charge in [-0.15, -0.1) is 0 Å². The van der Waals surface area contributed by atoms with Crippen LogP contribution >= 0.6 is 0 Å². The van der Waals surface area contributed by atoms with Crippen molar-refractivity contribution < 1.29 is 14.6 Å². The minimum atomic E-state index is 0.0327. The summed E-state index contributed by atoms with van der Waals surface area (Å²) in [6.45, 7) is 3.04. The van der Waals surface area contributed by atoms with Crippen LogP contribution in [0.1, 0.15) is 12.0 Å². The lowest BCUT2D eigenvalue weighted by molar-refractivity contribution is 0.340. The minimum Gasteiger partial charge on any atom is -0.502 e. The average molecular weight is 278 g/mol. The van der Waals surface area contributed by atoms with Crippen LogP contribution in [-0.2, 0) is 0 Å². The second-order valence-corrected chi connectivity index (χ2v) is 4.77. The van der Waals surface area contributed by atoms with Crippen LogP contribution in [0.5, 0.6) is 17.2 Å². The highest BCUT2D eigenvalue weighted by atomic mass is 16.5. The van der Waals surface area contributed by atoms with Crippen molar-refractivity contribution in [3.63, 3.8) is 0 Å². The molecular weight excluding hydrogens is 256 g/mol. The lowest BCUT2D eigenvalue weighted by atomic mass is 10.1. The van der Waals surface area contributed by atoms with Crippen LogP contribution in [0.2, 0.25) is 0 Å². The van der Waals surface area contributed by atoms with E-state index in [-0.39, 0.29) is 5.75 Å². The van der Waals surface area contributed by atoms with Gasteiger partial charge in [0, 0.05) is 25.7 Å². The maximum Gasteiger partial charge on any atom is 0.200 e. The van der Waals surface area contributed by atoms with Crippen molar-refractivity contribution in [1.82, 2.24) is 10.6 Å². The number of phenolic OH excluding ortho intramolecular Hbond substituents is 1. The molecule has 0 bridgehead atoms. The Morgan fingerprint density at radius 2 is 1.95 bits per heavy atom. The summed E-state index contributed by atoms with van der Waals surface area (Å²) in [7, 11) is 3.05. The molecule has 0 saturated carbocycles. The van der Waals surface area contributed by atoms with E-state index in [0.717, 1.165) is 31.6 Å². The molecule has 5 nitrogen and oxygen atoms in total. The molecule has 0 spiro atoms. The molecule has 1 aliphatic heterocycles. The summed E-state index contributed by atoms with van der Waals surface area (Å²) < 4.78 is 10.3. The number of phenols is 1. The quantitative estimate of drug-likeness (QED) is 0.759. The van der Waals surface area contributed by atoms with Crippen LogP contribution < -0.4 is 20.1 Å². The first-order valence-corrected chi connectivity index (χ1v) is 6.80. The molecule has 1 aromatic rings. The first-order valence-electron chi connectivity index (χ1n) is 6.80. The Morgan fingerprint density at radius 1 is 1.25 bits per heavy atom. The van der Waals surface area contributed by atoms with E-state index >= 15 is 0 Å². The van der Waals surface area contributed by atoms with Crippen LogP contribution in [0, 0.1) is 0 Å². The van der Waals surface area contributed by atoms with E-state index < -0.39 is 0 Å². The molecule has 1 aliphatic rings. The molecule has 1 aromatic carbocycles. The van der Waals surface area contributed by atoms with E-state index in [1.807, 2.05) is 6.08 Å². The highest BCUT2D eigenvalue weighted by molar-refractivity contribution is 5.61. The number of rotatable bonds is 5. The van der Waals surface area contributed by atoms with Gasteiger partial charge in [0.05, 0.1) is 14.2 Å². The molecule has 5 heteroatoms. The summed E-state index contributed by atoms with van der Waals surface area (Å²) in [5.41, 5.74) is 0.945. The van der Waals surface area contributed by atoms with Gasteiger partial charge in [-0.3, -0.25) is 0 Å². The topological polar surface area (TPSA) is 62.8 Å². The number of benzene rings is 1. The van der Waals surface area contributed by atoms with Gasteiger partial charge in [-0.1, -0.05) is 12.2 Å². The molecule has 0 amide bonds. The van der Waals surface area contributed by atoms with Crippen LogP contribution in [0.25, 0.3) is 6.08 Å². The second kappa shape index (κ2) is 7.17. The Bertz CT molecular complexity index is 443. The van der Waals surface area contributed by atoms with E-state index in [4.69, 9.17) is 9.47 Å². The van der Waals surface area contributed by atoms with Crippen molar-refractivity contribution >= 4 is 6.08 Å². The van der Waals surface area contributed by atoms with Gasteiger partial charge in [0.25, 0.3) is 0 Å². The molecule has 1 heterocycles. The van der Waals surface area contributed by atoms with E-state index in [1.54, 1.807) is 12.1 Å². The van der Waals surface area contributed by atoms with Crippen molar-refractivity contribution in [2.24, 2.45) is 0 Å². The van der Waals surface area contributed by atoms with Crippen molar-refractivity contribution in [3.8, 4) is 17.2 Å². The normalized spacial score (nSPS) is 19.2. The predicted octanol–water partition coefficient (Wildman–Crippen LogP) is 1.37. The van der Waals surface area contributed by atoms with Crippen LogP contribution in [0.4, 0.5) is 0 Å². The average Bonchev–Trinajstić information content (AvgIpc) is 2.49. The summed E-state index contributed by atoms with van der Waals surface area (Å²) in [4.78, 5) is 0. The molecule has 0 aliphatic carbocycles. The zero-order chi connectivity index (χ0) is 14.4. The summed E-state index contributed by atoms with van der Waals surface area (Å²) in [5.74, 6) is 0.869. The number of hydrogen-bond donors (Lipinski definition) is 3. The molecule has 1 saturated heterocycles. The number of methoxy groups -OCH3 is 2. The van der Waals surface area contributed by atoms with Crippen LogP contribution in [0.3, 0.4) is 0 Å². The van der Waals surface area contributed by atoms with Gasteiger partial charge in [-0.05, 0) is 24.1 Å². The van der Waals surface area contributed by atoms with Gasteiger partial charge in [-0.2, -0.15) is 0 Å². The lowest BCUT2D eigenvalue weighted by Crippen LogP contribution is -2.47. The fraction of sp³-hybridized carbons (Fsp3) is 0.467. The maximum absolute atomic E-state index is 9.85. The second-order valence-electron chi connectivity index (χ2n) is 4.77. The lowest BCUT2D eigenvalue weighted by Gasteiger charge is -2.23. The SMILES string of the molecule is COc1cc(C=CCC2CNCCN2)cc(OC)c1O. The van der Waals surface area contributed by atoms with Gasteiger partial charge in [0.2, 0.25) is 5.75 Å². The molecule has 1 unspecified atom stereocenters. The monoisotopic (exact) mass is 278 g/mol. The molecule has 1 fully saturated rings. The van der Waals surface area contributed by atoms with Gasteiger partial charge >= 0.3 is 0 Å². The number of ether oxygens (including phenoxy) is 2. The van der Waals surface area contributed by atoms with Crippen LogP contribution in [0.15, 0.2) is 18.2 Å². The summed E-state index contributed by atoms with van der Waals surface area (Å²) >= 11 is 0. The van der Waals surface area contributed by atoms with Gasteiger partial charge in [0.1, 0.15) is 0 Å². The molecule has 2 rings (SSSR count). The summed E-state index contributed by atoms with van der Waals surface area (Å²) in [6.07, 6.45) is 5.09. The Balaban J connectivity index is 2.04. The minimum absolute atomic E-state index is 0.0327. The number of aromatic hydroxyl groups is 1. The Kier molecular flexibility index (Phi) is 5.26. The molecule has 20 heavy (non-hydrogen) atoms. The van der Waals surface area contributed by atoms with Crippen molar-refractivity contribution in [2.75, 3.05) is 33.9 Å². The Morgan fingerprint density at radius 3 is 2.50 bits per heavy atom. The number of nitrogens with one attached hydrogen (secondary N) is 2. The molecule has 110 valence electrons. The molecule has 0 radical (unpaired) electrons. The standard InChI is InChI=1S/C15H22N2O3/c1-19-13-8-11(9-14(20-2)15(13)18)4-3-5-12-10-16-6-7-17-12/h3-4,8-9,12,16-18H,5-7,10H2,1-2H3. The zero-order valence-electron chi connectivity index (χ0n) is 12.0. The fourth-order valence-corrected chi connectivity index (χ4v) is 2.26. The van der Waals surface area contributed by atoms with Crippen LogP contribution in [-0.4, -0.2) is 45.0 Å². The zero-order valence-corrected chi connectivity index (χ0v) is 12.0. The van der Waals surface area contributed by atoms with E-state index in [1.165, 1.54) is 14.2 Å². The predicted molar refractivity (Wildman–Crippen MR) is 79.5 cm³/mol. The van der Waals surface area contributed by atoms with Gasteiger partial charge in [0.15, 0.2) is 11.5 Å². The first-order chi connectivity index (χ1) is 9.74. The van der Waals surface area contributed by atoms with E-state index in [9.17, 15) is 5.11 Å². The third-order valence-electron chi connectivity index (χ3n) is 3.36.